The molecule has 94 valence electrons. The zero-order chi connectivity index (χ0) is 12.5. The van der Waals surface area contributed by atoms with Gasteiger partial charge in [0, 0.05) is 36.3 Å². The second kappa shape index (κ2) is 4.53. The minimum atomic E-state index is 0.0297. The minimum Gasteiger partial charge on any atom is -0.346 e. The van der Waals surface area contributed by atoms with Crippen molar-refractivity contribution in [3.05, 3.63) is 34.3 Å². The highest BCUT2D eigenvalue weighted by atomic mass is 32.1. The molecule has 0 saturated carbocycles. The summed E-state index contributed by atoms with van der Waals surface area (Å²) >= 11 is 1.45. The van der Waals surface area contributed by atoms with Crippen molar-refractivity contribution < 1.29 is 4.79 Å². The monoisotopic (exact) mass is 262 g/mol. The summed E-state index contributed by atoms with van der Waals surface area (Å²) in [5, 5.41) is 1.80. The molecule has 0 spiro atoms. The highest BCUT2D eigenvalue weighted by molar-refractivity contribution is 7.07. The summed E-state index contributed by atoms with van der Waals surface area (Å²) in [5.74, 6) is 1.34. The predicted octanol–water partition coefficient (Wildman–Crippen LogP) is 1.80. The van der Waals surface area contributed by atoms with Crippen LogP contribution in [-0.2, 0) is 0 Å². The number of aromatic amines is 1. The molecule has 18 heavy (non-hydrogen) atoms. The van der Waals surface area contributed by atoms with E-state index in [2.05, 4.69) is 15.0 Å². The second-order valence-corrected chi connectivity index (χ2v) is 5.28. The zero-order valence-corrected chi connectivity index (χ0v) is 10.9. The Morgan fingerprint density at radius 3 is 3.11 bits per heavy atom. The first-order valence-electron chi connectivity index (χ1n) is 5.93. The van der Waals surface area contributed by atoms with Crippen molar-refractivity contribution in [3.8, 4) is 0 Å². The molecule has 1 saturated heterocycles. The van der Waals surface area contributed by atoms with Crippen molar-refractivity contribution in [1.82, 2.24) is 19.9 Å². The SMILES string of the molecule is Cc1cnc(C2CCN(C(=O)c3cscn3)C2)[nH]1. The Balaban J connectivity index is 1.70. The number of carbonyl (C=O) groups excluding carboxylic acids is 1. The molecule has 0 radical (unpaired) electrons. The number of likely N-dealkylation sites (tertiary alicyclic amines) is 1. The minimum absolute atomic E-state index is 0.0297. The molecule has 5 nitrogen and oxygen atoms in total. The highest BCUT2D eigenvalue weighted by Gasteiger charge is 2.30. The summed E-state index contributed by atoms with van der Waals surface area (Å²) in [4.78, 5) is 25.7. The Morgan fingerprint density at radius 1 is 1.56 bits per heavy atom. The third kappa shape index (κ3) is 2.03. The van der Waals surface area contributed by atoms with Crippen LogP contribution in [0.5, 0.6) is 0 Å². The van der Waals surface area contributed by atoms with Crippen molar-refractivity contribution in [2.24, 2.45) is 0 Å². The van der Waals surface area contributed by atoms with Crippen molar-refractivity contribution in [1.29, 1.82) is 0 Å². The number of aryl methyl sites for hydroxylation is 1. The van der Waals surface area contributed by atoms with Crippen molar-refractivity contribution >= 4 is 17.2 Å². The molecule has 3 heterocycles. The number of hydrogen-bond donors (Lipinski definition) is 1. The summed E-state index contributed by atoms with van der Waals surface area (Å²) in [6, 6.07) is 0. The fraction of sp³-hybridized carbons (Fsp3) is 0.417. The largest absolute Gasteiger partial charge is 0.346 e. The van der Waals surface area contributed by atoms with Gasteiger partial charge in [-0.05, 0) is 13.3 Å². The molecular formula is C12H14N4OS. The number of carbonyl (C=O) groups is 1. The molecule has 1 atom stereocenters. The Kier molecular flexibility index (Phi) is 2.87. The number of thiazole rings is 1. The summed E-state index contributed by atoms with van der Waals surface area (Å²) < 4.78 is 0. The summed E-state index contributed by atoms with van der Waals surface area (Å²) in [7, 11) is 0. The maximum atomic E-state index is 12.1. The standard InChI is InChI=1S/C12H14N4OS/c1-8-4-13-11(15-8)9-2-3-16(5-9)12(17)10-6-18-7-14-10/h4,6-7,9H,2-3,5H2,1H3,(H,13,15). The van der Waals surface area contributed by atoms with Crippen molar-refractivity contribution in [2.75, 3.05) is 13.1 Å². The topological polar surface area (TPSA) is 61.9 Å². The van der Waals surface area contributed by atoms with Crippen molar-refractivity contribution in [3.63, 3.8) is 0 Å². The number of imidazole rings is 1. The number of rotatable bonds is 2. The maximum Gasteiger partial charge on any atom is 0.273 e. The third-order valence-electron chi connectivity index (χ3n) is 3.24. The van der Waals surface area contributed by atoms with E-state index < -0.39 is 0 Å². The molecule has 2 aromatic heterocycles. The lowest BCUT2D eigenvalue weighted by molar-refractivity contribution is 0.0785. The maximum absolute atomic E-state index is 12.1. The number of aromatic nitrogens is 3. The Morgan fingerprint density at radius 2 is 2.44 bits per heavy atom. The van der Waals surface area contributed by atoms with Gasteiger partial charge in [0.05, 0.1) is 5.51 Å². The van der Waals surface area contributed by atoms with Crippen LogP contribution in [0, 0.1) is 6.92 Å². The van der Waals surface area contributed by atoms with E-state index in [1.165, 1.54) is 11.3 Å². The van der Waals surface area contributed by atoms with Crippen LogP contribution in [0.3, 0.4) is 0 Å². The van der Waals surface area contributed by atoms with E-state index in [-0.39, 0.29) is 5.91 Å². The number of nitrogens with zero attached hydrogens (tertiary/aromatic N) is 3. The van der Waals surface area contributed by atoms with Gasteiger partial charge in [-0.15, -0.1) is 11.3 Å². The van der Waals surface area contributed by atoms with Gasteiger partial charge < -0.3 is 9.88 Å². The number of nitrogens with one attached hydrogen (secondary N) is 1. The van der Waals surface area contributed by atoms with Gasteiger partial charge in [-0.3, -0.25) is 4.79 Å². The van der Waals surface area contributed by atoms with E-state index in [0.29, 0.717) is 11.6 Å². The van der Waals surface area contributed by atoms with E-state index in [9.17, 15) is 4.79 Å². The van der Waals surface area contributed by atoms with Gasteiger partial charge in [-0.25, -0.2) is 9.97 Å². The summed E-state index contributed by atoms with van der Waals surface area (Å²) in [5.41, 5.74) is 3.31. The zero-order valence-electron chi connectivity index (χ0n) is 10.1. The molecule has 1 fully saturated rings. The third-order valence-corrected chi connectivity index (χ3v) is 3.82. The van der Waals surface area contributed by atoms with E-state index in [4.69, 9.17) is 0 Å². The van der Waals surface area contributed by atoms with Crippen LogP contribution in [0.2, 0.25) is 0 Å². The molecule has 1 aliphatic heterocycles. The van der Waals surface area contributed by atoms with Gasteiger partial charge in [0.25, 0.3) is 5.91 Å². The highest BCUT2D eigenvalue weighted by Crippen LogP contribution is 2.26. The average Bonchev–Trinajstić information content (AvgIpc) is 3.09. The molecule has 0 bridgehead atoms. The molecule has 1 amide bonds. The van der Waals surface area contributed by atoms with Crippen molar-refractivity contribution in [2.45, 2.75) is 19.3 Å². The lowest BCUT2D eigenvalue weighted by Crippen LogP contribution is -2.28. The molecule has 1 unspecified atom stereocenters. The Labute approximate surface area is 109 Å². The lowest BCUT2D eigenvalue weighted by atomic mass is 10.1. The van der Waals surface area contributed by atoms with Gasteiger partial charge in [-0.2, -0.15) is 0 Å². The molecule has 1 aliphatic rings. The van der Waals surface area contributed by atoms with Crippen LogP contribution >= 0.6 is 11.3 Å². The van der Waals surface area contributed by atoms with Gasteiger partial charge in [0.1, 0.15) is 11.5 Å². The normalized spacial score (nSPS) is 19.4. The smallest absolute Gasteiger partial charge is 0.273 e. The predicted molar refractivity (Wildman–Crippen MR) is 68.7 cm³/mol. The van der Waals surface area contributed by atoms with E-state index in [0.717, 1.165) is 31.0 Å². The average molecular weight is 262 g/mol. The second-order valence-electron chi connectivity index (χ2n) is 4.56. The molecule has 3 rings (SSSR count). The quantitative estimate of drug-likeness (QED) is 0.897. The van der Waals surface area contributed by atoms with Gasteiger partial charge in [0.2, 0.25) is 0 Å². The van der Waals surface area contributed by atoms with E-state index in [1.54, 1.807) is 10.9 Å². The molecule has 0 aliphatic carbocycles. The van der Waals surface area contributed by atoms with Crippen LogP contribution < -0.4 is 0 Å². The number of hydrogen-bond acceptors (Lipinski definition) is 4. The van der Waals surface area contributed by atoms with Crippen LogP contribution in [0.25, 0.3) is 0 Å². The van der Waals surface area contributed by atoms with Crippen LogP contribution in [0.4, 0.5) is 0 Å². The van der Waals surface area contributed by atoms with E-state index >= 15 is 0 Å². The molecule has 2 aromatic rings. The Hall–Kier alpha value is -1.69. The molecule has 1 N–H and O–H groups in total. The van der Waals surface area contributed by atoms with Gasteiger partial charge in [0.15, 0.2) is 0 Å². The van der Waals surface area contributed by atoms with E-state index in [1.807, 2.05) is 18.0 Å². The first-order chi connectivity index (χ1) is 8.74. The van der Waals surface area contributed by atoms with Crippen LogP contribution in [-0.4, -0.2) is 38.8 Å². The van der Waals surface area contributed by atoms with Crippen LogP contribution in [0.1, 0.15) is 34.3 Å². The molecule has 0 aromatic carbocycles. The van der Waals surface area contributed by atoms with Crippen LogP contribution in [0.15, 0.2) is 17.1 Å². The van der Waals surface area contributed by atoms with Gasteiger partial charge in [-0.1, -0.05) is 0 Å². The fourth-order valence-electron chi connectivity index (χ4n) is 2.29. The number of H-pyrrole nitrogens is 1. The summed E-state index contributed by atoms with van der Waals surface area (Å²) in [6.45, 7) is 3.49. The lowest BCUT2D eigenvalue weighted by Gasteiger charge is -2.14. The Bertz CT molecular complexity index is 548. The first kappa shape index (κ1) is 11.4. The summed E-state index contributed by atoms with van der Waals surface area (Å²) in [6.07, 6.45) is 2.79. The molecular weight excluding hydrogens is 248 g/mol. The number of amides is 1. The first-order valence-corrected chi connectivity index (χ1v) is 6.87. The fourth-order valence-corrected chi connectivity index (χ4v) is 2.81. The molecule has 6 heteroatoms. The van der Waals surface area contributed by atoms with Gasteiger partial charge >= 0.3 is 0 Å².